The zero-order valence-electron chi connectivity index (χ0n) is 14.7. The molecule has 3 rings (SSSR count). The molecule has 1 aliphatic rings. The van der Waals surface area contributed by atoms with E-state index < -0.39 is 0 Å². The lowest BCUT2D eigenvalue weighted by Crippen LogP contribution is -2.41. The van der Waals surface area contributed by atoms with Crippen molar-refractivity contribution in [3.05, 3.63) is 41.7 Å². The number of H-pyrrole nitrogens is 1. The van der Waals surface area contributed by atoms with E-state index in [1.807, 2.05) is 37.4 Å². The van der Waals surface area contributed by atoms with E-state index in [0.29, 0.717) is 19.8 Å². The number of rotatable bonds is 6. The zero-order chi connectivity index (χ0) is 17.6. The Kier molecular flexibility index (Phi) is 5.67. The topological polar surface area (TPSA) is 82.3 Å². The second-order valence-electron chi connectivity index (χ2n) is 6.33. The standard InChI is InChI=1S/C18H25N5O2/c1-13(17-11-19-22-14(17)2)20-15-3-5-16(6-4-15)21-18(24)12-23-7-9-25-10-8-23/h3-6,11,13,20H,7-10,12H2,1-2H3,(H,19,22)(H,21,24)/t13-/m1/s1. The molecule has 1 atom stereocenters. The SMILES string of the molecule is Cc1[nH]ncc1[C@@H](C)Nc1ccc(NC(=O)CN2CCOCC2)cc1. The molecule has 0 saturated carbocycles. The van der Waals surface area contributed by atoms with E-state index in [2.05, 4.69) is 32.7 Å². The fourth-order valence-electron chi connectivity index (χ4n) is 2.94. The minimum atomic E-state index is 0.00463. The maximum atomic E-state index is 12.1. The smallest absolute Gasteiger partial charge is 0.238 e. The highest BCUT2D eigenvalue weighted by Gasteiger charge is 2.14. The summed E-state index contributed by atoms with van der Waals surface area (Å²) < 4.78 is 5.29. The third kappa shape index (κ3) is 4.80. The number of hydrogen-bond acceptors (Lipinski definition) is 5. The van der Waals surface area contributed by atoms with Crippen LogP contribution in [-0.2, 0) is 9.53 Å². The summed E-state index contributed by atoms with van der Waals surface area (Å²) in [5, 5.41) is 13.4. The van der Waals surface area contributed by atoms with Crippen LogP contribution in [0, 0.1) is 6.92 Å². The molecule has 1 aliphatic heterocycles. The van der Waals surface area contributed by atoms with Crippen molar-refractivity contribution in [3.8, 4) is 0 Å². The van der Waals surface area contributed by atoms with Crippen LogP contribution in [0.5, 0.6) is 0 Å². The van der Waals surface area contributed by atoms with Gasteiger partial charge in [0.15, 0.2) is 0 Å². The average molecular weight is 343 g/mol. The van der Waals surface area contributed by atoms with Gasteiger partial charge in [0.1, 0.15) is 0 Å². The lowest BCUT2D eigenvalue weighted by Gasteiger charge is -2.25. The molecule has 1 aromatic heterocycles. The van der Waals surface area contributed by atoms with Gasteiger partial charge < -0.3 is 15.4 Å². The molecule has 1 aromatic carbocycles. The van der Waals surface area contributed by atoms with E-state index in [4.69, 9.17) is 4.74 Å². The number of amides is 1. The van der Waals surface area contributed by atoms with Crippen molar-refractivity contribution in [3.63, 3.8) is 0 Å². The van der Waals surface area contributed by atoms with Crippen molar-refractivity contribution in [2.45, 2.75) is 19.9 Å². The summed E-state index contributed by atoms with van der Waals surface area (Å²) in [4.78, 5) is 14.2. The first-order valence-corrected chi connectivity index (χ1v) is 8.58. The Morgan fingerprint density at radius 2 is 1.96 bits per heavy atom. The summed E-state index contributed by atoms with van der Waals surface area (Å²) in [5.74, 6) is 0.00463. The Morgan fingerprint density at radius 1 is 1.28 bits per heavy atom. The molecule has 0 aliphatic carbocycles. The van der Waals surface area contributed by atoms with Crippen LogP contribution in [-0.4, -0.2) is 53.9 Å². The van der Waals surface area contributed by atoms with Gasteiger partial charge in [-0.1, -0.05) is 0 Å². The predicted molar refractivity (Wildman–Crippen MR) is 97.7 cm³/mol. The first-order valence-electron chi connectivity index (χ1n) is 8.58. The summed E-state index contributed by atoms with van der Waals surface area (Å²) >= 11 is 0. The first kappa shape index (κ1) is 17.4. The lowest BCUT2D eigenvalue weighted by atomic mass is 10.1. The van der Waals surface area contributed by atoms with Gasteiger partial charge in [-0.05, 0) is 38.1 Å². The summed E-state index contributed by atoms with van der Waals surface area (Å²) in [5.41, 5.74) is 4.00. The van der Waals surface area contributed by atoms with E-state index in [9.17, 15) is 4.79 Å². The molecule has 0 radical (unpaired) electrons. The van der Waals surface area contributed by atoms with E-state index in [-0.39, 0.29) is 11.9 Å². The van der Waals surface area contributed by atoms with E-state index in [1.54, 1.807) is 0 Å². The number of carbonyl (C=O) groups is 1. The van der Waals surface area contributed by atoms with Crippen molar-refractivity contribution in [2.75, 3.05) is 43.5 Å². The van der Waals surface area contributed by atoms with Crippen LogP contribution < -0.4 is 10.6 Å². The Bertz CT molecular complexity index is 692. The number of anilines is 2. The minimum Gasteiger partial charge on any atom is -0.379 e. The maximum Gasteiger partial charge on any atom is 0.238 e. The number of benzene rings is 1. The Hall–Kier alpha value is -2.38. The van der Waals surface area contributed by atoms with Gasteiger partial charge in [0.25, 0.3) is 0 Å². The normalized spacial score (nSPS) is 16.4. The van der Waals surface area contributed by atoms with Crippen molar-refractivity contribution in [2.24, 2.45) is 0 Å². The lowest BCUT2D eigenvalue weighted by molar-refractivity contribution is -0.118. The second-order valence-corrected chi connectivity index (χ2v) is 6.33. The summed E-state index contributed by atoms with van der Waals surface area (Å²) in [6.07, 6.45) is 1.84. The first-order chi connectivity index (χ1) is 12.1. The largest absolute Gasteiger partial charge is 0.379 e. The van der Waals surface area contributed by atoms with Gasteiger partial charge in [-0.25, -0.2) is 0 Å². The van der Waals surface area contributed by atoms with Crippen molar-refractivity contribution in [1.82, 2.24) is 15.1 Å². The predicted octanol–water partition coefficient (Wildman–Crippen LogP) is 2.16. The van der Waals surface area contributed by atoms with Crippen LogP contribution in [0.2, 0.25) is 0 Å². The number of morpholine rings is 1. The Balaban J connectivity index is 1.51. The minimum absolute atomic E-state index is 0.00463. The van der Waals surface area contributed by atoms with Crippen molar-refractivity contribution >= 4 is 17.3 Å². The van der Waals surface area contributed by atoms with Gasteiger partial charge in [-0.3, -0.25) is 14.8 Å². The number of hydrogen-bond donors (Lipinski definition) is 3. The second kappa shape index (κ2) is 8.13. The number of carbonyl (C=O) groups excluding carboxylic acids is 1. The average Bonchev–Trinajstić information content (AvgIpc) is 3.03. The zero-order valence-corrected chi connectivity index (χ0v) is 14.7. The molecule has 7 heteroatoms. The molecule has 0 unspecified atom stereocenters. The van der Waals surface area contributed by atoms with Crippen LogP contribution in [0.3, 0.4) is 0 Å². The fraction of sp³-hybridized carbons (Fsp3) is 0.444. The molecule has 0 spiro atoms. The highest BCUT2D eigenvalue weighted by Crippen LogP contribution is 2.22. The third-order valence-electron chi connectivity index (χ3n) is 4.36. The molecule has 1 fully saturated rings. The van der Waals surface area contributed by atoms with Crippen molar-refractivity contribution in [1.29, 1.82) is 0 Å². The quantitative estimate of drug-likeness (QED) is 0.749. The number of aromatic amines is 1. The van der Waals surface area contributed by atoms with Gasteiger partial charge in [0, 0.05) is 35.7 Å². The van der Waals surface area contributed by atoms with E-state index in [1.165, 1.54) is 0 Å². The Morgan fingerprint density at radius 3 is 2.60 bits per heavy atom. The molecule has 1 amide bonds. The van der Waals surface area contributed by atoms with Gasteiger partial charge in [-0.15, -0.1) is 0 Å². The number of nitrogens with zero attached hydrogens (tertiary/aromatic N) is 2. The molecule has 25 heavy (non-hydrogen) atoms. The van der Waals surface area contributed by atoms with Crippen molar-refractivity contribution < 1.29 is 9.53 Å². The maximum absolute atomic E-state index is 12.1. The van der Waals surface area contributed by atoms with Gasteiger partial charge in [0.05, 0.1) is 32.0 Å². The van der Waals surface area contributed by atoms with E-state index in [0.717, 1.165) is 35.7 Å². The highest BCUT2D eigenvalue weighted by atomic mass is 16.5. The van der Waals surface area contributed by atoms with E-state index >= 15 is 0 Å². The van der Waals surface area contributed by atoms with Crippen LogP contribution in [0.25, 0.3) is 0 Å². The van der Waals surface area contributed by atoms with Gasteiger partial charge >= 0.3 is 0 Å². The molecule has 3 N–H and O–H groups in total. The van der Waals surface area contributed by atoms with Crippen LogP contribution >= 0.6 is 0 Å². The van der Waals surface area contributed by atoms with Gasteiger partial charge in [0.2, 0.25) is 5.91 Å². The monoisotopic (exact) mass is 343 g/mol. The summed E-state index contributed by atoms with van der Waals surface area (Å²) in [6.45, 7) is 7.51. The van der Waals surface area contributed by atoms with Gasteiger partial charge in [-0.2, -0.15) is 5.10 Å². The molecule has 1 saturated heterocycles. The Labute approximate surface area is 147 Å². The molecule has 2 heterocycles. The number of nitrogens with one attached hydrogen (secondary N) is 3. The van der Waals surface area contributed by atoms with Crippen LogP contribution in [0.1, 0.15) is 24.2 Å². The molecule has 7 nitrogen and oxygen atoms in total. The summed E-state index contributed by atoms with van der Waals surface area (Å²) in [7, 11) is 0. The van der Waals surface area contributed by atoms with Crippen LogP contribution in [0.15, 0.2) is 30.5 Å². The third-order valence-corrected chi connectivity index (χ3v) is 4.36. The number of aromatic nitrogens is 2. The number of aryl methyl sites for hydroxylation is 1. The fourth-order valence-corrected chi connectivity index (χ4v) is 2.94. The molecule has 2 aromatic rings. The molecule has 0 bridgehead atoms. The number of ether oxygens (including phenoxy) is 1. The summed E-state index contributed by atoms with van der Waals surface area (Å²) in [6, 6.07) is 7.91. The van der Waals surface area contributed by atoms with Crippen LogP contribution in [0.4, 0.5) is 11.4 Å². The molecule has 134 valence electrons. The molecular formula is C18H25N5O2. The highest BCUT2D eigenvalue weighted by molar-refractivity contribution is 5.92. The molecular weight excluding hydrogens is 318 g/mol.